The van der Waals surface area contributed by atoms with E-state index in [2.05, 4.69) is 20.6 Å². The molecule has 3 aromatic rings. The van der Waals surface area contributed by atoms with Crippen molar-refractivity contribution in [3.8, 4) is 11.5 Å². The number of anilines is 3. The number of hydrogen-bond donors (Lipinski definition) is 2. The molecule has 0 spiro atoms. The van der Waals surface area contributed by atoms with Crippen LogP contribution in [0.4, 0.5) is 16.6 Å². The van der Waals surface area contributed by atoms with Gasteiger partial charge in [0.25, 0.3) is 0 Å². The van der Waals surface area contributed by atoms with E-state index in [1.165, 1.54) is 11.3 Å². The fourth-order valence-electron chi connectivity index (χ4n) is 2.50. The topological polar surface area (TPSA) is 85.4 Å². The van der Waals surface area contributed by atoms with Gasteiger partial charge in [-0.15, -0.1) is 11.3 Å². The molecule has 2 N–H and O–H groups in total. The lowest BCUT2D eigenvalue weighted by atomic mass is 10.2. The Morgan fingerprint density at radius 2 is 2.04 bits per heavy atom. The van der Waals surface area contributed by atoms with Crippen LogP contribution >= 0.6 is 22.9 Å². The van der Waals surface area contributed by atoms with Gasteiger partial charge in [0.1, 0.15) is 19.0 Å². The maximum absolute atomic E-state index is 12.3. The zero-order valence-electron chi connectivity index (χ0n) is 14.1. The molecular weight excluding hydrogens is 388 g/mol. The van der Waals surface area contributed by atoms with Crippen molar-refractivity contribution in [2.24, 2.45) is 0 Å². The Morgan fingerprint density at radius 1 is 1.19 bits per heavy atom. The third kappa shape index (κ3) is 4.47. The number of pyridine rings is 1. The third-order valence-corrected chi connectivity index (χ3v) is 4.71. The summed E-state index contributed by atoms with van der Waals surface area (Å²) >= 11 is 7.22. The molecule has 1 amide bonds. The van der Waals surface area contributed by atoms with Gasteiger partial charge in [0.15, 0.2) is 16.6 Å². The van der Waals surface area contributed by atoms with Crippen molar-refractivity contribution < 1.29 is 14.3 Å². The van der Waals surface area contributed by atoms with Crippen molar-refractivity contribution >= 4 is 45.5 Å². The van der Waals surface area contributed by atoms with Gasteiger partial charge < -0.3 is 20.1 Å². The number of carbonyl (C=O) groups excluding carboxylic acids is 1. The van der Waals surface area contributed by atoms with Crippen molar-refractivity contribution in [1.29, 1.82) is 0 Å². The molecule has 0 aliphatic carbocycles. The van der Waals surface area contributed by atoms with Gasteiger partial charge in [-0.1, -0.05) is 11.6 Å². The molecule has 4 rings (SSSR count). The summed E-state index contributed by atoms with van der Waals surface area (Å²) in [5.41, 5.74) is 1.33. The van der Waals surface area contributed by atoms with Gasteiger partial charge in [-0.25, -0.2) is 9.97 Å². The third-order valence-electron chi connectivity index (χ3n) is 3.68. The molecule has 3 heterocycles. The van der Waals surface area contributed by atoms with Gasteiger partial charge in [0.2, 0.25) is 5.91 Å². The van der Waals surface area contributed by atoms with Crippen LogP contribution in [0.2, 0.25) is 5.02 Å². The highest BCUT2D eigenvalue weighted by Crippen LogP contribution is 2.32. The van der Waals surface area contributed by atoms with Crippen molar-refractivity contribution in [3.05, 3.63) is 52.6 Å². The molecule has 0 unspecified atom stereocenters. The number of benzene rings is 1. The summed E-state index contributed by atoms with van der Waals surface area (Å²) in [5, 5.41) is 8.99. The molecule has 1 aliphatic rings. The van der Waals surface area contributed by atoms with Crippen LogP contribution in [0.3, 0.4) is 0 Å². The van der Waals surface area contributed by atoms with E-state index in [1.54, 1.807) is 36.5 Å². The second-order valence-electron chi connectivity index (χ2n) is 5.71. The smallest absolute Gasteiger partial charge is 0.230 e. The van der Waals surface area contributed by atoms with E-state index in [0.717, 1.165) is 0 Å². The van der Waals surface area contributed by atoms with Gasteiger partial charge in [0.05, 0.1) is 17.1 Å². The van der Waals surface area contributed by atoms with Gasteiger partial charge in [0, 0.05) is 23.3 Å². The quantitative estimate of drug-likeness (QED) is 0.673. The maximum Gasteiger partial charge on any atom is 0.230 e. The predicted molar refractivity (Wildman–Crippen MR) is 104 cm³/mol. The van der Waals surface area contributed by atoms with Crippen LogP contribution in [-0.4, -0.2) is 29.1 Å². The number of ether oxygens (including phenoxy) is 2. The first-order chi connectivity index (χ1) is 13.2. The molecule has 0 saturated heterocycles. The molecule has 1 aromatic carbocycles. The van der Waals surface area contributed by atoms with Crippen molar-refractivity contribution in [1.82, 2.24) is 9.97 Å². The first-order valence-electron chi connectivity index (χ1n) is 8.18. The summed E-state index contributed by atoms with van der Waals surface area (Å²) in [6.45, 7) is 1.03. The number of halogens is 1. The number of amides is 1. The molecule has 7 nitrogen and oxygen atoms in total. The zero-order chi connectivity index (χ0) is 18.6. The van der Waals surface area contributed by atoms with Crippen LogP contribution in [0.15, 0.2) is 41.9 Å². The van der Waals surface area contributed by atoms with E-state index >= 15 is 0 Å². The number of nitrogens with one attached hydrogen (secondary N) is 2. The number of carbonyl (C=O) groups is 1. The summed E-state index contributed by atoms with van der Waals surface area (Å²) in [6.07, 6.45) is 1.72. The molecule has 0 saturated carbocycles. The molecule has 0 fully saturated rings. The molecule has 0 bridgehead atoms. The van der Waals surface area contributed by atoms with Crippen molar-refractivity contribution in [2.75, 3.05) is 23.8 Å². The second-order valence-corrected chi connectivity index (χ2v) is 7.01. The minimum Gasteiger partial charge on any atom is -0.486 e. The van der Waals surface area contributed by atoms with E-state index in [1.807, 2.05) is 5.38 Å². The molecule has 0 radical (unpaired) electrons. The number of nitrogens with zero attached hydrogens (tertiary/aromatic N) is 2. The first kappa shape index (κ1) is 17.6. The lowest BCUT2D eigenvalue weighted by Gasteiger charge is -2.18. The fraction of sp³-hybridized carbons (Fsp3) is 0.167. The highest BCUT2D eigenvalue weighted by Gasteiger charge is 2.14. The zero-order valence-corrected chi connectivity index (χ0v) is 15.6. The number of thiazole rings is 1. The van der Waals surface area contributed by atoms with Crippen LogP contribution in [0, 0.1) is 0 Å². The highest BCUT2D eigenvalue weighted by atomic mass is 35.5. The molecular formula is C18H15ClN4O3S. The minimum absolute atomic E-state index is 0.159. The van der Waals surface area contributed by atoms with E-state index in [9.17, 15) is 4.79 Å². The van der Waals surface area contributed by atoms with Gasteiger partial charge in [-0.05, 0) is 24.3 Å². The maximum atomic E-state index is 12.3. The fourth-order valence-corrected chi connectivity index (χ4v) is 3.32. The van der Waals surface area contributed by atoms with Crippen LogP contribution < -0.4 is 20.1 Å². The van der Waals surface area contributed by atoms with E-state index in [4.69, 9.17) is 21.1 Å². The van der Waals surface area contributed by atoms with Gasteiger partial charge in [-0.2, -0.15) is 0 Å². The lowest BCUT2D eigenvalue weighted by Crippen LogP contribution is -2.17. The predicted octanol–water partition coefficient (Wildman–Crippen LogP) is 3.89. The molecule has 138 valence electrons. The largest absolute Gasteiger partial charge is 0.486 e. The van der Waals surface area contributed by atoms with Crippen molar-refractivity contribution in [2.45, 2.75) is 6.42 Å². The van der Waals surface area contributed by atoms with E-state index in [-0.39, 0.29) is 12.3 Å². The average Bonchev–Trinajstić information content (AvgIpc) is 3.10. The Morgan fingerprint density at radius 3 is 2.85 bits per heavy atom. The monoisotopic (exact) mass is 402 g/mol. The lowest BCUT2D eigenvalue weighted by molar-refractivity contribution is -0.115. The highest BCUT2D eigenvalue weighted by molar-refractivity contribution is 7.13. The summed E-state index contributed by atoms with van der Waals surface area (Å²) in [5.74, 6) is 1.80. The Bertz CT molecular complexity index is 961. The summed E-state index contributed by atoms with van der Waals surface area (Å²) in [4.78, 5) is 20.9. The van der Waals surface area contributed by atoms with Crippen LogP contribution in [0.5, 0.6) is 11.5 Å². The Kier molecular flexibility index (Phi) is 5.08. The van der Waals surface area contributed by atoms with Crippen LogP contribution in [-0.2, 0) is 11.2 Å². The number of rotatable bonds is 5. The summed E-state index contributed by atoms with van der Waals surface area (Å²) in [6, 6.07) is 8.83. The van der Waals surface area contributed by atoms with Crippen LogP contribution in [0.25, 0.3) is 0 Å². The average molecular weight is 403 g/mol. The number of hydrogen-bond acceptors (Lipinski definition) is 7. The normalized spacial score (nSPS) is 12.5. The Balaban J connectivity index is 1.36. The van der Waals surface area contributed by atoms with Crippen LogP contribution in [0.1, 0.15) is 5.69 Å². The van der Waals surface area contributed by atoms with Crippen molar-refractivity contribution in [3.63, 3.8) is 0 Å². The van der Waals surface area contributed by atoms with E-state index < -0.39 is 0 Å². The first-order valence-corrected chi connectivity index (χ1v) is 9.44. The molecule has 1 aliphatic heterocycles. The van der Waals surface area contributed by atoms with E-state index in [0.29, 0.717) is 52.1 Å². The van der Waals surface area contributed by atoms with Gasteiger partial charge in [-0.3, -0.25) is 4.79 Å². The Labute approximate surface area is 164 Å². The standard InChI is InChI=1S/C18H15ClN4O3S/c19-11-1-4-16(20-9-11)23-18-22-13(10-27-18)8-17(24)21-12-2-3-14-15(7-12)26-6-5-25-14/h1-4,7,9-10H,5-6,8H2,(H,21,24)(H,20,22,23). The SMILES string of the molecule is O=C(Cc1csc(Nc2ccc(Cl)cn2)n1)Nc1ccc2c(c1)OCCO2. The number of aromatic nitrogens is 2. The minimum atomic E-state index is -0.159. The summed E-state index contributed by atoms with van der Waals surface area (Å²) < 4.78 is 11.0. The molecule has 27 heavy (non-hydrogen) atoms. The second kappa shape index (κ2) is 7.81. The van der Waals surface area contributed by atoms with Gasteiger partial charge >= 0.3 is 0 Å². The number of fused-ring (bicyclic) bond motifs is 1. The Hall–Kier alpha value is -2.84. The summed E-state index contributed by atoms with van der Waals surface area (Å²) in [7, 11) is 0. The molecule has 0 atom stereocenters. The molecule has 2 aromatic heterocycles. The molecule has 9 heteroatoms.